The van der Waals surface area contributed by atoms with Crippen LogP contribution in [0, 0.1) is 0 Å². The molecular formula is C17H16N6O3. The standard InChI is InChI=1S/C17H16N6O3/c18-16(25)14(7-11-1-4-13(24)5-2-11)22-17(26)12-3-6-15(19-8-12)23-9-20-21-10-23/h1-6,8-10,14,24H,7H2,(H2,18,25)(H,22,26)/t14-/m0/s1. The van der Waals surface area contributed by atoms with Gasteiger partial charge in [0, 0.05) is 12.6 Å². The maximum atomic E-state index is 12.4. The molecule has 9 nitrogen and oxygen atoms in total. The number of pyridine rings is 1. The zero-order valence-corrected chi connectivity index (χ0v) is 13.6. The summed E-state index contributed by atoms with van der Waals surface area (Å²) in [6.07, 6.45) is 4.59. The summed E-state index contributed by atoms with van der Waals surface area (Å²) in [6.45, 7) is 0. The molecule has 3 rings (SSSR count). The predicted octanol–water partition coefficient (Wildman–Crippen LogP) is 0.194. The summed E-state index contributed by atoms with van der Waals surface area (Å²) >= 11 is 0. The highest BCUT2D eigenvalue weighted by Crippen LogP contribution is 2.12. The van der Waals surface area contributed by atoms with E-state index in [0.29, 0.717) is 11.4 Å². The summed E-state index contributed by atoms with van der Waals surface area (Å²) in [5.41, 5.74) is 6.44. The second-order valence-electron chi connectivity index (χ2n) is 5.57. The van der Waals surface area contributed by atoms with E-state index in [0.717, 1.165) is 5.56 Å². The van der Waals surface area contributed by atoms with Gasteiger partial charge in [-0.15, -0.1) is 10.2 Å². The number of benzene rings is 1. The van der Waals surface area contributed by atoms with E-state index in [4.69, 9.17) is 5.73 Å². The fourth-order valence-electron chi connectivity index (χ4n) is 2.32. The maximum absolute atomic E-state index is 12.4. The van der Waals surface area contributed by atoms with Gasteiger partial charge in [-0.25, -0.2) is 4.98 Å². The van der Waals surface area contributed by atoms with Gasteiger partial charge in [-0.2, -0.15) is 0 Å². The van der Waals surface area contributed by atoms with E-state index < -0.39 is 17.9 Å². The van der Waals surface area contributed by atoms with Crippen molar-refractivity contribution in [1.82, 2.24) is 25.1 Å². The summed E-state index contributed by atoms with van der Waals surface area (Å²) < 4.78 is 1.60. The van der Waals surface area contributed by atoms with Gasteiger partial charge in [0.1, 0.15) is 30.3 Å². The van der Waals surface area contributed by atoms with Gasteiger partial charge in [0.15, 0.2) is 0 Å². The van der Waals surface area contributed by atoms with E-state index in [1.54, 1.807) is 28.8 Å². The molecule has 0 aliphatic rings. The van der Waals surface area contributed by atoms with Gasteiger partial charge in [-0.05, 0) is 29.8 Å². The van der Waals surface area contributed by atoms with Crippen molar-refractivity contribution in [1.29, 1.82) is 0 Å². The van der Waals surface area contributed by atoms with Crippen molar-refractivity contribution in [3.8, 4) is 11.6 Å². The molecule has 0 saturated heterocycles. The molecule has 0 saturated carbocycles. The molecule has 0 aliphatic carbocycles. The Balaban J connectivity index is 1.69. The molecule has 9 heteroatoms. The van der Waals surface area contributed by atoms with E-state index in [1.165, 1.54) is 31.0 Å². The van der Waals surface area contributed by atoms with Crippen LogP contribution in [0.5, 0.6) is 5.75 Å². The Hall–Kier alpha value is -3.75. The molecule has 0 fully saturated rings. The summed E-state index contributed by atoms with van der Waals surface area (Å²) in [5.74, 6) is -0.439. The molecule has 4 N–H and O–H groups in total. The number of primary amides is 1. The number of hydrogen-bond donors (Lipinski definition) is 3. The molecule has 0 spiro atoms. The molecule has 3 aromatic rings. The highest BCUT2D eigenvalue weighted by atomic mass is 16.3. The second-order valence-corrected chi connectivity index (χ2v) is 5.57. The van der Waals surface area contributed by atoms with Crippen LogP contribution in [0.15, 0.2) is 55.2 Å². The third-order valence-electron chi connectivity index (χ3n) is 3.72. The molecule has 132 valence electrons. The zero-order chi connectivity index (χ0) is 18.5. The van der Waals surface area contributed by atoms with Crippen molar-refractivity contribution >= 4 is 11.8 Å². The van der Waals surface area contributed by atoms with Crippen molar-refractivity contribution in [2.45, 2.75) is 12.5 Å². The molecule has 0 aliphatic heterocycles. The fourth-order valence-corrected chi connectivity index (χ4v) is 2.32. The average molecular weight is 352 g/mol. The number of aromatic hydroxyl groups is 1. The molecule has 0 bridgehead atoms. The van der Waals surface area contributed by atoms with E-state index in [2.05, 4.69) is 20.5 Å². The van der Waals surface area contributed by atoms with Crippen molar-refractivity contribution in [3.05, 3.63) is 66.4 Å². The Bertz CT molecular complexity index is 891. The largest absolute Gasteiger partial charge is 0.508 e. The number of amides is 2. The Morgan fingerprint density at radius 1 is 1.12 bits per heavy atom. The van der Waals surface area contributed by atoms with Gasteiger partial charge in [0.05, 0.1) is 5.56 Å². The van der Waals surface area contributed by atoms with Gasteiger partial charge < -0.3 is 16.2 Å². The third-order valence-corrected chi connectivity index (χ3v) is 3.72. The molecule has 1 atom stereocenters. The number of aromatic nitrogens is 4. The van der Waals surface area contributed by atoms with Crippen molar-refractivity contribution in [3.63, 3.8) is 0 Å². The minimum absolute atomic E-state index is 0.118. The quantitative estimate of drug-likeness (QED) is 0.579. The minimum Gasteiger partial charge on any atom is -0.508 e. The maximum Gasteiger partial charge on any atom is 0.253 e. The topological polar surface area (TPSA) is 136 Å². The highest BCUT2D eigenvalue weighted by molar-refractivity contribution is 5.97. The highest BCUT2D eigenvalue weighted by Gasteiger charge is 2.19. The lowest BCUT2D eigenvalue weighted by molar-refractivity contribution is -0.119. The van der Waals surface area contributed by atoms with Crippen molar-refractivity contribution in [2.24, 2.45) is 5.73 Å². The van der Waals surface area contributed by atoms with E-state index >= 15 is 0 Å². The Labute approximate surface area is 148 Å². The number of phenols is 1. The summed E-state index contributed by atoms with van der Waals surface area (Å²) in [6, 6.07) is 8.66. The van der Waals surface area contributed by atoms with Crippen LogP contribution in [0.3, 0.4) is 0 Å². The van der Waals surface area contributed by atoms with E-state index in [-0.39, 0.29) is 12.2 Å². The molecule has 0 radical (unpaired) electrons. The summed E-state index contributed by atoms with van der Waals surface area (Å²) in [5, 5.41) is 19.3. The monoisotopic (exact) mass is 352 g/mol. The molecule has 2 amide bonds. The minimum atomic E-state index is -0.885. The molecule has 1 aromatic carbocycles. The number of phenolic OH excluding ortho intramolecular Hbond substituents is 1. The number of rotatable bonds is 6. The van der Waals surface area contributed by atoms with Crippen LogP contribution in [-0.4, -0.2) is 42.7 Å². The predicted molar refractivity (Wildman–Crippen MR) is 91.4 cm³/mol. The van der Waals surface area contributed by atoms with E-state index in [1.807, 2.05) is 0 Å². The molecule has 0 unspecified atom stereocenters. The zero-order valence-electron chi connectivity index (χ0n) is 13.6. The Kier molecular flexibility index (Phi) is 4.88. The van der Waals surface area contributed by atoms with Gasteiger partial charge in [0.25, 0.3) is 5.91 Å². The SMILES string of the molecule is NC(=O)[C@H](Cc1ccc(O)cc1)NC(=O)c1ccc(-n2cnnc2)nc1. The number of carbonyl (C=O) groups excluding carboxylic acids is 2. The summed E-state index contributed by atoms with van der Waals surface area (Å²) in [4.78, 5) is 28.2. The number of nitrogens with zero attached hydrogens (tertiary/aromatic N) is 4. The lowest BCUT2D eigenvalue weighted by Gasteiger charge is -2.15. The Morgan fingerprint density at radius 2 is 1.81 bits per heavy atom. The van der Waals surface area contributed by atoms with Crippen LogP contribution in [0.2, 0.25) is 0 Å². The first kappa shape index (κ1) is 17.1. The normalized spacial score (nSPS) is 11.7. The fraction of sp³-hybridized carbons (Fsp3) is 0.118. The summed E-state index contributed by atoms with van der Waals surface area (Å²) in [7, 11) is 0. The number of carbonyl (C=O) groups is 2. The Morgan fingerprint density at radius 3 is 2.38 bits per heavy atom. The first-order valence-corrected chi connectivity index (χ1v) is 7.72. The van der Waals surface area contributed by atoms with Crippen LogP contribution in [0.4, 0.5) is 0 Å². The van der Waals surface area contributed by atoms with Crippen LogP contribution < -0.4 is 11.1 Å². The number of nitrogens with two attached hydrogens (primary N) is 1. The van der Waals surface area contributed by atoms with Crippen LogP contribution >= 0.6 is 0 Å². The molecular weight excluding hydrogens is 336 g/mol. The van der Waals surface area contributed by atoms with Crippen molar-refractivity contribution < 1.29 is 14.7 Å². The number of nitrogens with one attached hydrogen (secondary N) is 1. The smallest absolute Gasteiger partial charge is 0.253 e. The lowest BCUT2D eigenvalue weighted by atomic mass is 10.0. The molecule has 2 heterocycles. The number of hydrogen-bond acceptors (Lipinski definition) is 6. The van der Waals surface area contributed by atoms with Gasteiger partial charge in [-0.3, -0.25) is 14.2 Å². The van der Waals surface area contributed by atoms with Crippen LogP contribution in [0.1, 0.15) is 15.9 Å². The van der Waals surface area contributed by atoms with Gasteiger partial charge >= 0.3 is 0 Å². The van der Waals surface area contributed by atoms with Crippen LogP contribution in [-0.2, 0) is 11.2 Å². The van der Waals surface area contributed by atoms with Gasteiger partial charge in [-0.1, -0.05) is 12.1 Å². The van der Waals surface area contributed by atoms with E-state index in [9.17, 15) is 14.7 Å². The van der Waals surface area contributed by atoms with Gasteiger partial charge in [0.2, 0.25) is 5.91 Å². The third kappa shape index (κ3) is 4.01. The first-order valence-electron chi connectivity index (χ1n) is 7.72. The molecule has 2 aromatic heterocycles. The van der Waals surface area contributed by atoms with Crippen LogP contribution in [0.25, 0.3) is 5.82 Å². The average Bonchev–Trinajstić information content (AvgIpc) is 3.17. The second kappa shape index (κ2) is 7.43. The lowest BCUT2D eigenvalue weighted by Crippen LogP contribution is -2.45. The molecule has 26 heavy (non-hydrogen) atoms. The first-order chi connectivity index (χ1) is 12.5. The van der Waals surface area contributed by atoms with Crippen molar-refractivity contribution in [2.75, 3.05) is 0 Å².